The van der Waals surface area contributed by atoms with Gasteiger partial charge in [0.25, 0.3) is 5.91 Å². The standard InChI is InChI=1S/C25H28N4O4/c1-3-28-22(26-29(25(28)32)17-18-7-5-4-6-8-18)19-13-15-27(16-14-19)23(30)20-9-11-21(12-10-20)24(31)33-2/h4-12,19H,3,13-17H2,1-2H3. The summed E-state index contributed by atoms with van der Waals surface area (Å²) in [6.07, 6.45) is 1.49. The van der Waals surface area contributed by atoms with Gasteiger partial charge in [-0.3, -0.25) is 9.36 Å². The van der Waals surface area contributed by atoms with E-state index in [1.807, 2.05) is 42.2 Å². The van der Waals surface area contributed by atoms with Gasteiger partial charge < -0.3 is 9.64 Å². The van der Waals surface area contributed by atoms with E-state index in [9.17, 15) is 14.4 Å². The van der Waals surface area contributed by atoms with Crippen molar-refractivity contribution in [2.45, 2.75) is 38.8 Å². The van der Waals surface area contributed by atoms with E-state index in [1.165, 1.54) is 11.8 Å². The van der Waals surface area contributed by atoms with Crippen LogP contribution in [0.1, 0.15) is 57.8 Å². The molecule has 0 unspecified atom stereocenters. The van der Waals surface area contributed by atoms with Gasteiger partial charge in [-0.15, -0.1) is 0 Å². The summed E-state index contributed by atoms with van der Waals surface area (Å²) in [5.74, 6) is 0.434. The number of methoxy groups -OCH3 is 1. The Morgan fingerprint density at radius 1 is 1.00 bits per heavy atom. The monoisotopic (exact) mass is 448 g/mol. The van der Waals surface area contributed by atoms with Gasteiger partial charge in [-0.2, -0.15) is 5.10 Å². The van der Waals surface area contributed by atoms with E-state index in [1.54, 1.807) is 28.8 Å². The zero-order valence-electron chi connectivity index (χ0n) is 18.9. The number of likely N-dealkylation sites (tertiary alicyclic amines) is 1. The fourth-order valence-electron chi connectivity index (χ4n) is 4.31. The van der Waals surface area contributed by atoms with E-state index < -0.39 is 5.97 Å². The van der Waals surface area contributed by atoms with Gasteiger partial charge in [-0.05, 0) is 49.6 Å². The molecule has 1 amide bonds. The lowest BCUT2D eigenvalue weighted by molar-refractivity contribution is 0.0599. The Bertz CT molecular complexity index is 1170. The third-order valence-corrected chi connectivity index (χ3v) is 6.14. The van der Waals surface area contributed by atoms with Gasteiger partial charge in [0.2, 0.25) is 0 Å². The Labute approximate surface area is 192 Å². The van der Waals surface area contributed by atoms with Crippen molar-refractivity contribution in [1.82, 2.24) is 19.2 Å². The second kappa shape index (κ2) is 9.85. The molecule has 172 valence electrons. The summed E-state index contributed by atoms with van der Waals surface area (Å²) in [6, 6.07) is 16.3. The Hall–Kier alpha value is -3.68. The van der Waals surface area contributed by atoms with Gasteiger partial charge in [-0.25, -0.2) is 14.3 Å². The molecule has 3 aromatic rings. The molecule has 4 rings (SSSR count). The molecule has 8 nitrogen and oxygen atoms in total. The van der Waals surface area contributed by atoms with E-state index in [0.717, 1.165) is 24.2 Å². The number of hydrogen-bond acceptors (Lipinski definition) is 5. The normalized spacial score (nSPS) is 14.3. The van der Waals surface area contributed by atoms with E-state index in [4.69, 9.17) is 4.74 Å². The summed E-state index contributed by atoms with van der Waals surface area (Å²) in [6.45, 7) is 4.14. The van der Waals surface area contributed by atoms with Crippen LogP contribution in [0.2, 0.25) is 0 Å². The van der Waals surface area contributed by atoms with Crippen LogP contribution in [0.3, 0.4) is 0 Å². The lowest BCUT2D eigenvalue weighted by atomic mass is 9.95. The van der Waals surface area contributed by atoms with Crippen LogP contribution in [0.15, 0.2) is 59.4 Å². The number of nitrogens with zero attached hydrogens (tertiary/aromatic N) is 4. The minimum absolute atomic E-state index is 0.0626. The third-order valence-electron chi connectivity index (χ3n) is 6.14. The number of ether oxygens (including phenoxy) is 1. The van der Waals surface area contributed by atoms with Crippen molar-refractivity contribution in [2.24, 2.45) is 0 Å². The van der Waals surface area contributed by atoms with Crippen LogP contribution in [-0.2, 0) is 17.8 Å². The molecule has 0 saturated carbocycles. The molecule has 33 heavy (non-hydrogen) atoms. The molecule has 0 N–H and O–H groups in total. The molecule has 1 saturated heterocycles. The van der Waals surface area contributed by atoms with Crippen LogP contribution >= 0.6 is 0 Å². The van der Waals surface area contributed by atoms with Gasteiger partial charge >= 0.3 is 11.7 Å². The zero-order chi connectivity index (χ0) is 23.4. The molecular formula is C25H28N4O4. The molecule has 0 radical (unpaired) electrons. The van der Waals surface area contributed by atoms with Crippen molar-refractivity contribution in [1.29, 1.82) is 0 Å². The number of hydrogen-bond donors (Lipinski definition) is 0. The quantitative estimate of drug-likeness (QED) is 0.541. The predicted molar refractivity (Wildman–Crippen MR) is 123 cm³/mol. The highest BCUT2D eigenvalue weighted by atomic mass is 16.5. The lowest BCUT2D eigenvalue weighted by Crippen LogP contribution is -2.38. The average molecular weight is 449 g/mol. The summed E-state index contributed by atoms with van der Waals surface area (Å²) in [5, 5.41) is 4.68. The minimum Gasteiger partial charge on any atom is -0.465 e. The van der Waals surface area contributed by atoms with E-state index in [2.05, 4.69) is 5.10 Å². The highest BCUT2D eigenvalue weighted by molar-refractivity contribution is 5.96. The van der Waals surface area contributed by atoms with Gasteiger partial charge in [0, 0.05) is 31.1 Å². The minimum atomic E-state index is -0.427. The van der Waals surface area contributed by atoms with Crippen LogP contribution in [0.25, 0.3) is 0 Å². The maximum atomic E-state index is 12.9. The molecule has 0 aliphatic carbocycles. The van der Waals surface area contributed by atoms with Crippen molar-refractivity contribution >= 4 is 11.9 Å². The summed E-state index contributed by atoms with van der Waals surface area (Å²) in [7, 11) is 1.33. The smallest absolute Gasteiger partial charge is 0.346 e. The number of benzene rings is 2. The Kier molecular flexibility index (Phi) is 6.72. The third kappa shape index (κ3) is 4.74. The van der Waals surface area contributed by atoms with Crippen LogP contribution in [-0.4, -0.2) is 51.3 Å². The van der Waals surface area contributed by atoms with Crippen molar-refractivity contribution < 1.29 is 14.3 Å². The van der Waals surface area contributed by atoms with Gasteiger partial charge in [0.15, 0.2) is 0 Å². The lowest BCUT2D eigenvalue weighted by Gasteiger charge is -2.31. The number of esters is 1. The molecule has 0 spiro atoms. The zero-order valence-corrected chi connectivity index (χ0v) is 18.9. The number of piperidine rings is 1. The SMILES string of the molecule is CCn1c(C2CCN(C(=O)c3ccc(C(=O)OC)cc3)CC2)nn(Cc2ccccc2)c1=O. The Balaban J connectivity index is 1.44. The maximum Gasteiger partial charge on any atom is 0.346 e. The van der Waals surface area contributed by atoms with Crippen LogP contribution in [0, 0.1) is 0 Å². The molecule has 2 heterocycles. The topological polar surface area (TPSA) is 86.4 Å². The van der Waals surface area contributed by atoms with E-state index in [-0.39, 0.29) is 17.5 Å². The second-order valence-corrected chi connectivity index (χ2v) is 8.16. The number of rotatable bonds is 6. The largest absolute Gasteiger partial charge is 0.465 e. The second-order valence-electron chi connectivity index (χ2n) is 8.16. The average Bonchev–Trinajstić information content (AvgIpc) is 3.18. The van der Waals surface area contributed by atoms with E-state index in [0.29, 0.717) is 37.3 Å². The number of carbonyl (C=O) groups excluding carboxylic acids is 2. The molecule has 1 aliphatic rings. The predicted octanol–water partition coefficient (Wildman–Crippen LogP) is 2.92. The molecular weight excluding hydrogens is 420 g/mol. The van der Waals surface area contributed by atoms with Crippen LogP contribution < -0.4 is 5.69 Å². The van der Waals surface area contributed by atoms with Crippen LogP contribution in [0.4, 0.5) is 0 Å². The summed E-state index contributed by atoms with van der Waals surface area (Å²) in [4.78, 5) is 39.2. The highest BCUT2D eigenvalue weighted by Crippen LogP contribution is 2.27. The Morgan fingerprint density at radius 2 is 1.64 bits per heavy atom. The first-order valence-electron chi connectivity index (χ1n) is 11.2. The van der Waals surface area contributed by atoms with E-state index >= 15 is 0 Å². The highest BCUT2D eigenvalue weighted by Gasteiger charge is 2.29. The fraction of sp³-hybridized carbons (Fsp3) is 0.360. The first kappa shape index (κ1) is 22.5. The molecule has 1 aromatic heterocycles. The maximum absolute atomic E-state index is 12.9. The molecule has 8 heteroatoms. The first-order chi connectivity index (χ1) is 16.0. The van der Waals surface area contributed by atoms with Gasteiger partial charge in [-0.1, -0.05) is 30.3 Å². The van der Waals surface area contributed by atoms with Crippen molar-refractivity contribution in [3.8, 4) is 0 Å². The molecule has 0 atom stereocenters. The number of aromatic nitrogens is 3. The van der Waals surface area contributed by atoms with Crippen LogP contribution in [0.5, 0.6) is 0 Å². The first-order valence-corrected chi connectivity index (χ1v) is 11.2. The number of amides is 1. The summed E-state index contributed by atoms with van der Waals surface area (Å²) >= 11 is 0. The molecule has 1 aliphatic heterocycles. The molecule has 2 aromatic carbocycles. The van der Waals surface area contributed by atoms with Gasteiger partial charge in [0.05, 0.1) is 19.2 Å². The fourth-order valence-corrected chi connectivity index (χ4v) is 4.31. The van der Waals surface area contributed by atoms with Crippen molar-refractivity contribution in [3.63, 3.8) is 0 Å². The number of carbonyl (C=O) groups is 2. The van der Waals surface area contributed by atoms with Crippen molar-refractivity contribution in [3.05, 3.63) is 87.6 Å². The summed E-state index contributed by atoms with van der Waals surface area (Å²) < 4.78 is 7.99. The molecule has 0 bridgehead atoms. The Morgan fingerprint density at radius 3 is 2.24 bits per heavy atom. The summed E-state index contributed by atoms with van der Waals surface area (Å²) in [5.41, 5.74) is 1.89. The van der Waals surface area contributed by atoms with Gasteiger partial charge in [0.1, 0.15) is 5.82 Å². The van der Waals surface area contributed by atoms with Crippen molar-refractivity contribution in [2.75, 3.05) is 20.2 Å². The molecule has 1 fully saturated rings.